The summed E-state index contributed by atoms with van der Waals surface area (Å²) in [6.07, 6.45) is 5.22. The third-order valence-electron chi connectivity index (χ3n) is 3.68. The Kier molecular flexibility index (Phi) is 3.38. The Bertz CT molecular complexity index is 572. The Balaban J connectivity index is 1.88. The van der Waals surface area contributed by atoms with E-state index in [0.29, 0.717) is 6.04 Å². The number of fused-ring (bicyclic) bond motifs is 1. The Labute approximate surface area is 114 Å². The van der Waals surface area contributed by atoms with E-state index in [0.717, 1.165) is 23.6 Å². The number of aromatic nitrogens is 1. The molecule has 3 nitrogen and oxygen atoms in total. The van der Waals surface area contributed by atoms with E-state index in [2.05, 4.69) is 42.3 Å². The van der Waals surface area contributed by atoms with Crippen LogP contribution in [0.1, 0.15) is 37.1 Å². The lowest BCUT2D eigenvalue weighted by atomic mass is 10.0. The van der Waals surface area contributed by atoms with E-state index in [1.807, 2.05) is 0 Å². The lowest BCUT2D eigenvalue weighted by molar-refractivity contribution is 0.563. The van der Waals surface area contributed by atoms with Crippen LogP contribution in [0.2, 0.25) is 0 Å². The van der Waals surface area contributed by atoms with Gasteiger partial charge in [0.15, 0.2) is 12.2 Å². The molecule has 0 spiro atoms. The number of hydrogen-bond donors (Lipinski definition) is 1. The third-order valence-corrected chi connectivity index (χ3v) is 3.68. The van der Waals surface area contributed by atoms with Crippen LogP contribution in [0, 0.1) is 0 Å². The maximum Gasteiger partial charge on any atom is 0.181 e. The minimum atomic E-state index is 0.449. The first-order valence-electron chi connectivity index (χ1n) is 7.02. The fourth-order valence-corrected chi connectivity index (χ4v) is 2.64. The van der Waals surface area contributed by atoms with Crippen molar-refractivity contribution < 1.29 is 4.42 Å². The van der Waals surface area contributed by atoms with Gasteiger partial charge in [-0.15, -0.1) is 0 Å². The van der Waals surface area contributed by atoms with E-state index in [1.165, 1.54) is 30.4 Å². The molecule has 2 aromatic rings. The van der Waals surface area contributed by atoms with Crippen molar-refractivity contribution in [2.45, 2.75) is 45.7 Å². The maximum atomic E-state index is 5.59. The molecule has 0 unspecified atom stereocenters. The van der Waals surface area contributed by atoms with E-state index in [1.54, 1.807) is 6.39 Å². The lowest BCUT2D eigenvalue weighted by Crippen LogP contribution is -2.22. The summed E-state index contributed by atoms with van der Waals surface area (Å²) in [5, 5.41) is 3.39. The fraction of sp³-hybridized carbons (Fsp3) is 0.438. The van der Waals surface area contributed by atoms with Gasteiger partial charge in [0.1, 0.15) is 5.69 Å². The summed E-state index contributed by atoms with van der Waals surface area (Å²) in [6.45, 7) is 5.02. The summed E-state index contributed by atoms with van der Waals surface area (Å²) in [6, 6.07) is 7.11. The highest BCUT2D eigenvalue weighted by molar-refractivity contribution is 5.62. The minimum Gasteiger partial charge on any atom is -0.443 e. The van der Waals surface area contributed by atoms with Crippen LogP contribution in [-0.4, -0.2) is 11.0 Å². The zero-order valence-electron chi connectivity index (χ0n) is 11.6. The molecule has 0 saturated heterocycles. The second kappa shape index (κ2) is 5.17. The zero-order chi connectivity index (χ0) is 13.2. The summed E-state index contributed by atoms with van der Waals surface area (Å²) < 4.78 is 5.59. The quantitative estimate of drug-likeness (QED) is 0.911. The van der Waals surface area contributed by atoms with Crippen molar-refractivity contribution in [1.82, 2.24) is 10.3 Å². The van der Waals surface area contributed by atoms with Crippen molar-refractivity contribution in [3.63, 3.8) is 0 Å². The van der Waals surface area contributed by atoms with E-state index in [9.17, 15) is 0 Å². The maximum absolute atomic E-state index is 5.59. The number of nitrogens with one attached hydrogen (secondary N) is 1. The standard InChI is InChI=1S/C16H20N2O/c1-11(2)17-9-15-16(19-10-18-15)14-7-6-12-4-3-5-13(12)8-14/h6-8,10-11,17H,3-5,9H2,1-2H3. The average Bonchev–Trinajstić information content (AvgIpc) is 3.04. The molecule has 1 aromatic carbocycles. The van der Waals surface area contributed by atoms with Crippen LogP contribution in [0.15, 0.2) is 29.0 Å². The van der Waals surface area contributed by atoms with Crippen LogP contribution >= 0.6 is 0 Å². The van der Waals surface area contributed by atoms with Crippen molar-refractivity contribution in [3.05, 3.63) is 41.4 Å². The second-order valence-electron chi connectivity index (χ2n) is 5.50. The predicted octanol–water partition coefficient (Wildman–Crippen LogP) is 3.33. The molecule has 1 heterocycles. The topological polar surface area (TPSA) is 38.1 Å². The summed E-state index contributed by atoms with van der Waals surface area (Å²) in [4.78, 5) is 4.33. The molecule has 1 aliphatic rings. The van der Waals surface area contributed by atoms with Crippen molar-refractivity contribution in [3.8, 4) is 11.3 Å². The van der Waals surface area contributed by atoms with Crippen molar-refractivity contribution >= 4 is 0 Å². The Morgan fingerprint density at radius 1 is 1.26 bits per heavy atom. The Morgan fingerprint density at radius 2 is 2.11 bits per heavy atom. The van der Waals surface area contributed by atoms with Crippen molar-refractivity contribution in [2.24, 2.45) is 0 Å². The molecular weight excluding hydrogens is 236 g/mol. The molecule has 3 rings (SSSR count). The van der Waals surface area contributed by atoms with E-state index < -0.39 is 0 Å². The van der Waals surface area contributed by atoms with Gasteiger partial charge in [0, 0.05) is 18.2 Å². The van der Waals surface area contributed by atoms with Crippen LogP contribution in [0.3, 0.4) is 0 Å². The summed E-state index contributed by atoms with van der Waals surface area (Å²) in [5.41, 5.74) is 5.10. The molecule has 1 N–H and O–H groups in total. The molecular formula is C16H20N2O. The molecule has 19 heavy (non-hydrogen) atoms. The fourth-order valence-electron chi connectivity index (χ4n) is 2.64. The predicted molar refractivity (Wildman–Crippen MR) is 75.9 cm³/mol. The third kappa shape index (κ3) is 2.56. The lowest BCUT2D eigenvalue weighted by Gasteiger charge is -2.08. The normalized spacial score (nSPS) is 14.1. The second-order valence-corrected chi connectivity index (χ2v) is 5.50. The number of rotatable bonds is 4. The molecule has 1 aromatic heterocycles. The molecule has 0 atom stereocenters. The Morgan fingerprint density at radius 3 is 2.95 bits per heavy atom. The zero-order valence-corrected chi connectivity index (χ0v) is 11.6. The molecule has 0 aliphatic heterocycles. The van der Waals surface area contributed by atoms with Crippen LogP contribution < -0.4 is 5.32 Å². The highest BCUT2D eigenvalue weighted by Crippen LogP contribution is 2.29. The monoisotopic (exact) mass is 256 g/mol. The highest BCUT2D eigenvalue weighted by atomic mass is 16.3. The molecule has 100 valence electrons. The van der Waals surface area contributed by atoms with Crippen molar-refractivity contribution in [1.29, 1.82) is 0 Å². The minimum absolute atomic E-state index is 0.449. The van der Waals surface area contributed by atoms with Gasteiger partial charge in [0.25, 0.3) is 0 Å². The molecule has 0 radical (unpaired) electrons. The van der Waals surface area contributed by atoms with Gasteiger partial charge in [0.2, 0.25) is 0 Å². The number of aryl methyl sites for hydroxylation is 2. The summed E-state index contributed by atoms with van der Waals surface area (Å²) in [7, 11) is 0. The van der Waals surface area contributed by atoms with Crippen LogP contribution in [0.5, 0.6) is 0 Å². The molecule has 0 fully saturated rings. The number of oxazole rings is 1. The molecule has 3 heteroatoms. The van der Waals surface area contributed by atoms with Crippen LogP contribution in [-0.2, 0) is 19.4 Å². The molecule has 0 bridgehead atoms. The first-order chi connectivity index (χ1) is 9.24. The SMILES string of the molecule is CC(C)NCc1ncoc1-c1ccc2c(c1)CCC2. The molecule has 0 saturated carbocycles. The van der Waals surface area contributed by atoms with E-state index in [-0.39, 0.29) is 0 Å². The van der Waals surface area contributed by atoms with Gasteiger partial charge in [-0.2, -0.15) is 0 Å². The largest absolute Gasteiger partial charge is 0.443 e. The van der Waals surface area contributed by atoms with Crippen LogP contribution in [0.4, 0.5) is 0 Å². The first kappa shape index (κ1) is 12.4. The van der Waals surface area contributed by atoms with Gasteiger partial charge < -0.3 is 9.73 Å². The molecule has 1 aliphatic carbocycles. The highest BCUT2D eigenvalue weighted by Gasteiger charge is 2.15. The van der Waals surface area contributed by atoms with Crippen molar-refractivity contribution in [2.75, 3.05) is 0 Å². The molecule has 0 amide bonds. The van der Waals surface area contributed by atoms with Gasteiger partial charge in [-0.25, -0.2) is 4.98 Å². The van der Waals surface area contributed by atoms with Gasteiger partial charge in [-0.3, -0.25) is 0 Å². The van der Waals surface area contributed by atoms with Crippen LogP contribution in [0.25, 0.3) is 11.3 Å². The van der Waals surface area contributed by atoms with Gasteiger partial charge in [-0.05, 0) is 36.5 Å². The smallest absolute Gasteiger partial charge is 0.181 e. The Hall–Kier alpha value is -1.61. The first-order valence-corrected chi connectivity index (χ1v) is 7.02. The van der Waals surface area contributed by atoms with Gasteiger partial charge >= 0.3 is 0 Å². The number of hydrogen-bond acceptors (Lipinski definition) is 3. The van der Waals surface area contributed by atoms with Gasteiger partial charge in [0.05, 0.1) is 0 Å². The number of benzene rings is 1. The summed E-state index contributed by atoms with van der Waals surface area (Å²) >= 11 is 0. The average molecular weight is 256 g/mol. The summed E-state index contributed by atoms with van der Waals surface area (Å²) in [5.74, 6) is 0.905. The number of nitrogens with zero attached hydrogens (tertiary/aromatic N) is 1. The van der Waals surface area contributed by atoms with E-state index >= 15 is 0 Å². The van der Waals surface area contributed by atoms with E-state index in [4.69, 9.17) is 4.42 Å². The van der Waals surface area contributed by atoms with Gasteiger partial charge in [-0.1, -0.05) is 26.0 Å².